The first-order valence-electron chi connectivity index (χ1n) is 5.73. The van der Waals surface area contributed by atoms with Crippen molar-refractivity contribution in [1.82, 2.24) is 4.90 Å². The number of hydrogen-bond donors (Lipinski definition) is 0. The molecule has 0 aromatic rings. The Bertz CT molecular complexity index is 142. The Labute approximate surface area is 83.5 Å². The summed E-state index contributed by atoms with van der Waals surface area (Å²) in [4.78, 5) is 2.65. The Balaban J connectivity index is 2.27. The van der Waals surface area contributed by atoms with Gasteiger partial charge in [0.1, 0.15) is 0 Å². The van der Waals surface area contributed by atoms with Crippen LogP contribution in [0.4, 0.5) is 0 Å². The van der Waals surface area contributed by atoms with E-state index in [2.05, 4.69) is 32.6 Å². The van der Waals surface area contributed by atoms with E-state index in [-0.39, 0.29) is 0 Å². The molecular formula is C12H25N. The highest BCUT2D eigenvalue weighted by Gasteiger charge is 2.25. The Morgan fingerprint density at radius 2 is 1.85 bits per heavy atom. The molecule has 78 valence electrons. The van der Waals surface area contributed by atoms with E-state index >= 15 is 0 Å². The maximum absolute atomic E-state index is 2.65. The Kier molecular flexibility index (Phi) is 3.78. The highest BCUT2D eigenvalue weighted by molar-refractivity contribution is 4.79. The molecule has 0 spiro atoms. The molecule has 1 fully saturated rings. The molecule has 0 aromatic carbocycles. The van der Waals surface area contributed by atoms with Crippen molar-refractivity contribution in [2.75, 3.05) is 19.6 Å². The molecule has 1 aliphatic rings. The van der Waals surface area contributed by atoms with Crippen molar-refractivity contribution < 1.29 is 0 Å². The summed E-state index contributed by atoms with van der Waals surface area (Å²) in [7, 11) is 0. The monoisotopic (exact) mass is 183 g/mol. The molecule has 13 heavy (non-hydrogen) atoms. The van der Waals surface area contributed by atoms with Crippen LogP contribution in [0.5, 0.6) is 0 Å². The molecule has 0 N–H and O–H groups in total. The summed E-state index contributed by atoms with van der Waals surface area (Å²) < 4.78 is 0. The molecular weight excluding hydrogens is 158 g/mol. The fourth-order valence-electron chi connectivity index (χ4n) is 1.89. The minimum Gasteiger partial charge on any atom is -0.303 e. The van der Waals surface area contributed by atoms with E-state index in [1.54, 1.807) is 0 Å². The maximum atomic E-state index is 2.65. The Morgan fingerprint density at radius 3 is 2.23 bits per heavy atom. The molecule has 1 nitrogen and oxygen atoms in total. The quantitative estimate of drug-likeness (QED) is 0.633. The standard InChI is InChI=1S/C12H25N/c1-5-8-13(9-11-6-7-11)10-12(2,3)4/h11H,5-10H2,1-4H3. The molecule has 1 heteroatoms. The van der Waals surface area contributed by atoms with Gasteiger partial charge >= 0.3 is 0 Å². The van der Waals surface area contributed by atoms with Gasteiger partial charge in [0, 0.05) is 13.1 Å². The molecule has 0 radical (unpaired) electrons. The van der Waals surface area contributed by atoms with Crippen molar-refractivity contribution in [1.29, 1.82) is 0 Å². The smallest absolute Gasteiger partial charge is 0.00302 e. The van der Waals surface area contributed by atoms with Crippen LogP contribution in [-0.4, -0.2) is 24.5 Å². The summed E-state index contributed by atoms with van der Waals surface area (Å²) in [6.07, 6.45) is 4.25. The van der Waals surface area contributed by atoms with Gasteiger partial charge in [-0.1, -0.05) is 27.7 Å². The van der Waals surface area contributed by atoms with Gasteiger partial charge in [0.25, 0.3) is 0 Å². The van der Waals surface area contributed by atoms with Crippen LogP contribution in [-0.2, 0) is 0 Å². The van der Waals surface area contributed by atoms with E-state index in [1.807, 2.05) is 0 Å². The summed E-state index contributed by atoms with van der Waals surface area (Å²) in [5.41, 5.74) is 0.462. The predicted molar refractivity (Wildman–Crippen MR) is 58.9 cm³/mol. The van der Waals surface area contributed by atoms with Crippen molar-refractivity contribution in [3.05, 3.63) is 0 Å². The van der Waals surface area contributed by atoms with E-state index in [0.717, 1.165) is 5.92 Å². The fourth-order valence-corrected chi connectivity index (χ4v) is 1.89. The lowest BCUT2D eigenvalue weighted by molar-refractivity contribution is 0.185. The predicted octanol–water partition coefficient (Wildman–Crippen LogP) is 3.15. The van der Waals surface area contributed by atoms with Crippen molar-refractivity contribution in [2.24, 2.45) is 11.3 Å². The third-order valence-corrected chi connectivity index (χ3v) is 2.45. The summed E-state index contributed by atoms with van der Waals surface area (Å²) >= 11 is 0. The SMILES string of the molecule is CCCN(CC1CC1)CC(C)(C)C. The molecule has 1 saturated carbocycles. The number of hydrogen-bond acceptors (Lipinski definition) is 1. The van der Waals surface area contributed by atoms with Crippen LogP contribution in [0.15, 0.2) is 0 Å². The van der Waals surface area contributed by atoms with Gasteiger partial charge in [-0.15, -0.1) is 0 Å². The van der Waals surface area contributed by atoms with E-state index in [9.17, 15) is 0 Å². The lowest BCUT2D eigenvalue weighted by Crippen LogP contribution is -2.34. The summed E-state index contributed by atoms with van der Waals surface area (Å²) in [6.45, 7) is 13.2. The second-order valence-corrected chi connectivity index (χ2v) is 5.74. The van der Waals surface area contributed by atoms with Crippen molar-refractivity contribution >= 4 is 0 Å². The van der Waals surface area contributed by atoms with Crippen LogP contribution in [0, 0.1) is 11.3 Å². The van der Waals surface area contributed by atoms with E-state index in [1.165, 1.54) is 38.9 Å². The van der Waals surface area contributed by atoms with Crippen LogP contribution in [0.1, 0.15) is 47.0 Å². The van der Waals surface area contributed by atoms with E-state index in [0.29, 0.717) is 5.41 Å². The molecule has 1 rings (SSSR count). The summed E-state index contributed by atoms with van der Waals surface area (Å²) in [5, 5.41) is 0. The normalized spacial score (nSPS) is 18.2. The third kappa shape index (κ3) is 5.30. The first-order valence-corrected chi connectivity index (χ1v) is 5.73. The summed E-state index contributed by atoms with van der Waals surface area (Å²) in [6, 6.07) is 0. The molecule has 0 heterocycles. The molecule has 0 bridgehead atoms. The molecule has 1 aliphatic carbocycles. The van der Waals surface area contributed by atoms with Crippen LogP contribution in [0.3, 0.4) is 0 Å². The van der Waals surface area contributed by atoms with Crippen LogP contribution in [0.25, 0.3) is 0 Å². The average molecular weight is 183 g/mol. The number of rotatable bonds is 5. The average Bonchev–Trinajstić information content (AvgIpc) is 2.68. The van der Waals surface area contributed by atoms with Crippen LogP contribution < -0.4 is 0 Å². The topological polar surface area (TPSA) is 3.24 Å². The van der Waals surface area contributed by atoms with Crippen molar-refractivity contribution in [3.8, 4) is 0 Å². The molecule has 0 saturated heterocycles. The van der Waals surface area contributed by atoms with Gasteiger partial charge in [-0.3, -0.25) is 0 Å². The van der Waals surface area contributed by atoms with Gasteiger partial charge in [0.05, 0.1) is 0 Å². The molecule has 0 aliphatic heterocycles. The molecule has 0 unspecified atom stereocenters. The second kappa shape index (κ2) is 4.45. The van der Waals surface area contributed by atoms with Gasteiger partial charge in [-0.25, -0.2) is 0 Å². The van der Waals surface area contributed by atoms with Crippen molar-refractivity contribution in [2.45, 2.75) is 47.0 Å². The minimum absolute atomic E-state index is 0.462. The maximum Gasteiger partial charge on any atom is 0.00302 e. The van der Waals surface area contributed by atoms with Gasteiger partial charge in [0.15, 0.2) is 0 Å². The number of nitrogens with zero attached hydrogens (tertiary/aromatic N) is 1. The van der Waals surface area contributed by atoms with Crippen LogP contribution >= 0.6 is 0 Å². The first-order chi connectivity index (χ1) is 6.01. The fraction of sp³-hybridized carbons (Fsp3) is 1.00. The third-order valence-electron chi connectivity index (χ3n) is 2.45. The largest absolute Gasteiger partial charge is 0.303 e. The summed E-state index contributed by atoms with van der Waals surface area (Å²) in [5.74, 6) is 1.04. The lowest BCUT2D eigenvalue weighted by atomic mass is 9.96. The molecule has 0 aromatic heterocycles. The zero-order valence-corrected chi connectivity index (χ0v) is 9.77. The van der Waals surface area contributed by atoms with Gasteiger partial charge in [0.2, 0.25) is 0 Å². The molecule has 0 amide bonds. The molecule has 0 atom stereocenters. The Hall–Kier alpha value is -0.0400. The second-order valence-electron chi connectivity index (χ2n) is 5.74. The van der Waals surface area contributed by atoms with Crippen molar-refractivity contribution in [3.63, 3.8) is 0 Å². The van der Waals surface area contributed by atoms with Gasteiger partial charge < -0.3 is 4.90 Å². The zero-order valence-electron chi connectivity index (χ0n) is 9.77. The highest BCUT2D eigenvalue weighted by atomic mass is 15.1. The minimum atomic E-state index is 0.462. The van der Waals surface area contributed by atoms with Gasteiger partial charge in [-0.2, -0.15) is 0 Å². The first kappa shape index (κ1) is 11.0. The van der Waals surface area contributed by atoms with E-state index in [4.69, 9.17) is 0 Å². The highest BCUT2D eigenvalue weighted by Crippen LogP contribution is 2.30. The lowest BCUT2D eigenvalue weighted by Gasteiger charge is -2.29. The van der Waals surface area contributed by atoms with Gasteiger partial charge in [-0.05, 0) is 37.1 Å². The van der Waals surface area contributed by atoms with E-state index < -0.39 is 0 Å². The Morgan fingerprint density at radius 1 is 1.23 bits per heavy atom. The van der Waals surface area contributed by atoms with Crippen LogP contribution in [0.2, 0.25) is 0 Å². The zero-order chi connectivity index (χ0) is 9.90.